The number of carbonyl (C=O) groups is 1. The molecular weight excluding hydrogens is 342 g/mol. The molecule has 0 radical (unpaired) electrons. The van der Waals surface area contributed by atoms with Crippen molar-refractivity contribution < 1.29 is 4.79 Å². The fraction of sp³-hybridized carbons (Fsp3) is 0.500. The van der Waals surface area contributed by atoms with Crippen molar-refractivity contribution in [3.63, 3.8) is 0 Å². The number of rotatable bonds is 12. The van der Waals surface area contributed by atoms with Crippen LogP contribution < -0.4 is 0 Å². The van der Waals surface area contributed by atoms with Crippen LogP contribution in [0.1, 0.15) is 88.8 Å². The van der Waals surface area contributed by atoms with Crippen molar-refractivity contribution >= 4 is 27.7 Å². The smallest absolute Gasteiger partial charge is 0.231 e. The highest BCUT2D eigenvalue weighted by molar-refractivity contribution is 6.13. The summed E-state index contributed by atoms with van der Waals surface area (Å²) in [7, 11) is 0. The van der Waals surface area contributed by atoms with Crippen LogP contribution in [0.15, 0.2) is 48.5 Å². The molecule has 0 N–H and O–H groups in total. The first kappa shape index (κ1) is 20.6. The second-order valence-electron chi connectivity index (χ2n) is 8.05. The summed E-state index contributed by atoms with van der Waals surface area (Å²) in [5.74, 6) is 0.230. The van der Waals surface area contributed by atoms with Gasteiger partial charge in [0, 0.05) is 17.2 Å². The van der Waals surface area contributed by atoms with Crippen LogP contribution in [0.4, 0.5) is 0 Å². The zero-order chi connectivity index (χ0) is 19.6. The summed E-state index contributed by atoms with van der Waals surface area (Å²) in [4.78, 5) is 13.0. The number of hydrogen-bond donors (Lipinski definition) is 0. The topological polar surface area (TPSA) is 22.0 Å². The molecule has 150 valence electrons. The van der Waals surface area contributed by atoms with Gasteiger partial charge in [-0.25, -0.2) is 0 Å². The summed E-state index contributed by atoms with van der Waals surface area (Å²) < 4.78 is 1.93. The van der Waals surface area contributed by atoms with Crippen LogP contribution in [0.2, 0.25) is 0 Å². The van der Waals surface area contributed by atoms with Gasteiger partial charge in [-0.15, -0.1) is 0 Å². The van der Waals surface area contributed by atoms with Gasteiger partial charge in [-0.3, -0.25) is 9.36 Å². The van der Waals surface area contributed by atoms with Gasteiger partial charge in [0.05, 0.1) is 11.0 Å². The third-order valence-corrected chi connectivity index (χ3v) is 5.82. The Labute approximate surface area is 169 Å². The average Bonchev–Trinajstić information content (AvgIpc) is 3.06. The van der Waals surface area contributed by atoms with Gasteiger partial charge >= 0.3 is 0 Å². The number of hydrogen-bond acceptors (Lipinski definition) is 1. The third kappa shape index (κ3) is 5.25. The summed E-state index contributed by atoms with van der Waals surface area (Å²) in [5.41, 5.74) is 2.08. The molecule has 0 spiro atoms. The predicted octanol–water partition coefficient (Wildman–Crippen LogP) is 8.14. The lowest BCUT2D eigenvalue weighted by atomic mass is 10.1. The lowest BCUT2D eigenvalue weighted by molar-refractivity contribution is 0.0909. The molecule has 0 unspecified atom stereocenters. The van der Waals surface area contributed by atoms with E-state index in [0.717, 1.165) is 17.5 Å². The molecule has 0 bridgehead atoms. The van der Waals surface area contributed by atoms with Crippen LogP contribution in [-0.2, 0) is 0 Å². The largest absolute Gasteiger partial charge is 0.280 e. The molecule has 0 aliphatic rings. The summed E-state index contributed by atoms with van der Waals surface area (Å²) in [5, 5.41) is 2.34. The van der Waals surface area contributed by atoms with Crippen molar-refractivity contribution in [3.05, 3.63) is 48.5 Å². The Morgan fingerprint density at radius 3 is 1.57 bits per heavy atom. The molecular formula is C26H35NO. The Kier molecular flexibility index (Phi) is 8.14. The fourth-order valence-corrected chi connectivity index (χ4v) is 4.24. The number of benzene rings is 2. The van der Waals surface area contributed by atoms with Crippen LogP contribution in [0.5, 0.6) is 0 Å². The van der Waals surface area contributed by atoms with E-state index in [-0.39, 0.29) is 5.91 Å². The lowest BCUT2D eigenvalue weighted by Gasteiger charge is -2.06. The van der Waals surface area contributed by atoms with E-state index < -0.39 is 0 Å². The van der Waals surface area contributed by atoms with Gasteiger partial charge in [0.1, 0.15) is 0 Å². The van der Waals surface area contributed by atoms with E-state index in [1.165, 1.54) is 75.0 Å². The van der Waals surface area contributed by atoms with Crippen LogP contribution in [0, 0.1) is 0 Å². The van der Waals surface area contributed by atoms with Crippen molar-refractivity contribution in [1.82, 2.24) is 4.57 Å². The molecule has 2 nitrogen and oxygen atoms in total. The maximum Gasteiger partial charge on any atom is 0.231 e. The third-order valence-electron chi connectivity index (χ3n) is 5.82. The Hall–Kier alpha value is -2.09. The fourth-order valence-electron chi connectivity index (χ4n) is 4.24. The standard InChI is InChI=1S/C26H35NO/c1-2-3-4-5-6-7-8-9-10-11-12-21-26(28)27-24-19-15-13-17-22(24)23-18-14-16-20-25(23)27/h13-20H,2-12,21H2,1H3. The first-order valence-electron chi connectivity index (χ1n) is 11.3. The predicted molar refractivity (Wildman–Crippen MR) is 121 cm³/mol. The Morgan fingerprint density at radius 2 is 1.07 bits per heavy atom. The van der Waals surface area contributed by atoms with Crippen LogP contribution >= 0.6 is 0 Å². The number of aromatic nitrogens is 1. The molecule has 1 aromatic heterocycles. The monoisotopic (exact) mass is 377 g/mol. The molecule has 28 heavy (non-hydrogen) atoms. The Balaban J connectivity index is 1.43. The summed E-state index contributed by atoms with van der Waals surface area (Å²) in [6, 6.07) is 16.5. The minimum Gasteiger partial charge on any atom is -0.280 e. The molecule has 0 saturated carbocycles. The van der Waals surface area contributed by atoms with Crippen LogP contribution in [-0.4, -0.2) is 10.5 Å². The van der Waals surface area contributed by atoms with Gasteiger partial charge in [0.15, 0.2) is 0 Å². The van der Waals surface area contributed by atoms with Crippen molar-refractivity contribution in [2.75, 3.05) is 0 Å². The first-order chi connectivity index (χ1) is 13.8. The zero-order valence-electron chi connectivity index (χ0n) is 17.5. The van der Waals surface area contributed by atoms with E-state index in [1.807, 2.05) is 28.8 Å². The highest BCUT2D eigenvalue weighted by Gasteiger charge is 2.14. The van der Waals surface area contributed by atoms with E-state index in [4.69, 9.17) is 0 Å². The van der Waals surface area contributed by atoms with Gasteiger partial charge in [-0.2, -0.15) is 0 Å². The summed E-state index contributed by atoms with van der Waals surface area (Å²) in [6.45, 7) is 2.27. The van der Waals surface area contributed by atoms with Gasteiger partial charge in [-0.1, -0.05) is 108 Å². The number of unbranched alkanes of at least 4 members (excludes halogenated alkanes) is 10. The minimum absolute atomic E-state index is 0.230. The lowest BCUT2D eigenvalue weighted by Crippen LogP contribution is -2.09. The quantitative estimate of drug-likeness (QED) is 0.292. The molecule has 0 aliphatic heterocycles. The molecule has 3 aromatic rings. The van der Waals surface area contributed by atoms with Gasteiger partial charge in [0.25, 0.3) is 0 Å². The number of carbonyl (C=O) groups excluding carboxylic acids is 1. The average molecular weight is 378 g/mol. The van der Waals surface area contributed by atoms with Gasteiger partial charge in [-0.05, 0) is 18.6 Å². The molecule has 2 heteroatoms. The normalized spacial score (nSPS) is 11.5. The Bertz CT molecular complexity index is 823. The van der Waals surface area contributed by atoms with Crippen molar-refractivity contribution in [3.8, 4) is 0 Å². The van der Waals surface area contributed by atoms with E-state index >= 15 is 0 Å². The molecule has 0 fully saturated rings. The first-order valence-corrected chi connectivity index (χ1v) is 11.3. The summed E-state index contributed by atoms with van der Waals surface area (Å²) in [6.07, 6.45) is 15.0. The van der Waals surface area contributed by atoms with Crippen LogP contribution in [0.3, 0.4) is 0 Å². The Morgan fingerprint density at radius 1 is 0.643 bits per heavy atom. The van der Waals surface area contributed by atoms with E-state index in [9.17, 15) is 4.79 Å². The van der Waals surface area contributed by atoms with Crippen molar-refractivity contribution in [2.45, 2.75) is 84.0 Å². The molecule has 3 rings (SSSR count). The maximum absolute atomic E-state index is 13.0. The molecule has 0 aliphatic carbocycles. The maximum atomic E-state index is 13.0. The van der Waals surface area contributed by atoms with E-state index in [0.29, 0.717) is 6.42 Å². The van der Waals surface area contributed by atoms with Crippen molar-refractivity contribution in [1.29, 1.82) is 0 Å². The SMILES string of the molecule is CCCCCCCCCCCCCC(=O)n1c2ccccc2c2ccccc21. The molecule has 0 atom stereocenters. The number of nitrogens with zero attached hydrogens (tertiary/aromatic N) is 1. The highest BCUT2D eigenvalue weighted by Crippen LogP contribution is 2.29. The molecule has 2 aromatic carbocycles. The van der Waals surface area contributed by atoms with Crippen LogP contribution in [0.25, 0.3) is 21.8 Å². The molecule has 0 saturated heterocycles. The zero-order valence-corrected chi connectivity index (χ0v) is 17.5. The van der Waals surface area contributed by atoms with E-state index in [2.05, 4.69) is 31.2 Å². The second-order valence-corrected chi connectivity index (χ2v) is 8.05. The van der Waals surface area contributed by atoms with Crippen molar-refractivity contribution in [2.24, 2.45) is 0 Å². The van der Waals surface area contributed by atoms with E-state index in [1.54, 1.807) is 0 Å². The van der Waals surface area contributed by atoms with Gasteiger partial charge < -0.3 is 0 Å². The second kappa shape index (κ2) is 11.0. The number of para-hydroxylation sites is 2. The highest BCUT2D eigenvalue weighted by atomic mass is 16.2. The number of fused-ring (bicyclic) bond motifs is 3. The summed E-state index contributed by atoms with van der Waals surface area (Å²) >= 11 is 0. The molecule has 1 heterocycles. The molecule has 0 amide bonds. The minimum atomic E-state index is 0.230. The van der Waals surface area contributed by atoms with Gasteiger partial charge in [0.2, 0.25) is 5.91 Å².